The van der Waals surface area contributed by atoms with Gasteiger partial charge in [-0.3, -0.25) is 4.79 Å². The number of benzene rings is 2. The molecule has 0 fully saturated rings. The molecule has 2 N–H and O–H groups in total. The number of pyridine rings is 1. The molecule has 0 atom stereocenters. The average molecular weight is 423 g/mol. The Balaban J connectivity index is 1.75. The zero-order valence-corrected chi connectivity index (χ0v) is 17.2. The number of carbonyl (C=O) groups is 2. The summed E-state index contributed by atoms with van der Waals surface area (Å²) in [5.74, 6) is 1.62. The Hall–Kier alpha value is -4.27. The third kappa shape index (κ3) is 5.63. The first-order chi connectivity index (χ1) is 15.0. The number of amides is 2. The van der Waals surface area contributed by atoms with Gasteiger partial charge in [0.15, 0.2) is 0 Å². The predicted octanol–water partition coefficient (Wildman–Crippen LogP) is 3.86. The highest BCUT2D eigenvalue weighted by molar-refractivity contribution is 6.05. The smallest absolute Gasteiger partial charge is 0.413 e. The largest absolute Gasteiger partial charge is 0.497 e. The summed E-state index contributed by atoms with van der Waals surface area (Å²) in [5.41, 5.74) is 0.849. The minimum Gasteiger partial charge on any atom is -0.497 e. The van der Waals surface area contributed by atoms with Crippen LogP contribution in [0.15, 0.2) is 60.8 Å². The van der Waals surface area contributed by atoms with Crippen molar-refractivity contribution in [3.63, 3.8) is 0 Å². The van der Waals surface area contributed by atoms with Gasteiger partial charge in [-0.05, 0) is 36.4 Å². The lowest BCUT2D eigenvalue weighted by Gasteiger charge is -2.12. The second kappa shape index (κ2) is 9.97. The average Bonchev–Trinajstić information content (AvgIpc) is 2.79. The van der Waals surface area contributed by atoms with Crippen LogP contribution in [0.1, 0.15) is 10.4 Å². The summed E-state index contributed by atoms with van der Waals surface area (Å²) >= 11 is 0. The third-order valence-corrected chi connectivity index (χ3v) is 4.09. The molecule has 2 aromatic carbocycles. The quantitative estimate of drug-likeness (QED) is 0.594. The topological polar surface area (TPSA) is 108 Å². The van der Waals surface area contributed by atoms with Gasteiger partial charge in [-0.15, -0.1) is 0 Å². The van der Waals surface area contributed by atoms with Crippen LogP contribution in [-0.2, 0) is 0 Å². The summed E-state index contributed by atoms with van der Waals surface area (Å²) in [6.45, 7) is 0. The zero-order valence-electron chi connectivity index (χ0n) is 17.2. The third-order valence-electron chi connectivity index (χ3n) is 4.09. The molecule has 0 aliphatic heterocycles. The predicted molar refractivity (Wildman–Crippen MR) is 113 cm³/mol. The Labute approximate surface area is 178 Å². The molecular formula is C22H21N3O6. The van der Waals surface area contributed by atoms with Gasteiger partial charge in [0.1, 0.15) is 23.0 Å². The monoisotopic (exact) mass is 423 g/mol. The number of nitrogens with one attached hydrogen (secondary N) is 2. The Kier molecular flexibility index (Phi) is 6.89. The maximum absolute atomic E-state index is 12.8. The molecule has 0 aliphatic rings. The molecule has 0 saturated heterocycles. The van der Waals surface area contributed by atoms with Crippen molar-refractivity contribution in [2.75, 3.05) is 26.6 Å². The van der Waals surface area contributed by atoms with E-state index in [9.17, 15) is 9.59 Å². The van der Waals surface area contributed by atoms with Gasteiger partial charge in [0.2, 0.25) is 5.88 Å². The van der Waals surface area contributed by atoms with E-state index in [0.29, 0.717) is 34.2 Å². The van der Waals surface area contributed by atoms with E-state index < -0.39 is 6.09 Å². The van der Waals surface area contributed by atoms with Crippen LogP contribution in [0.4, 0.5) is 10.5 Å². The van der Waals surface area contributed by atoms with E-state index in [0.717, 1.165) is 0 Å². The van der Waals surface area contributed by atoms with Gasteiger partial charge < -0.3 is 29.6 Å². The maximum Gasteiger partial charge on any atom is 0.413 e. The van der Waals surface area contributed by atoms with Gasteiger partial charge in [-0.2, -0.15) is 0 Å². The zero-order chi connectivity index (χ0) is 22.2. The van der Waals surface area contributed by atoms with E-state index in [-0.39, 0.29) is 11.8 Å². The highest BCUT2D eigenvalue weighted by atomic mass is 16.6. The maximum atomic E-state index is 12.8. The lowest BCUT2D eigenvalue weighted by molar-refractivity contribution is 0.102. The summed E-state index contributed by atoms with van der Waals surface area (Å²) in [6, 6.07) is 14.8. The molecule has 0 aliphatic carbocycles. The van der Waals surface area contributed by atoms with Crippen molar-refractivity contribution in [1.82, 2.24) is 10.3 Å². The number of ether oxygens (including phenoxy) is 4. The van der Waals surface area contributed by atoms with Crippen molar-refractivity contribution in [2.24, 2.45) is 0 Å². The Morgan fingerprint density at radius 2 is 1.71 bits per heavy atom. The Bertz CT molecular complexity index is 1090. The van der Waals surface area contributed by atoms with Gasteiger partial charge in [-0.25, -0.2) is 9.78 Å². The summed E-state index contributed by atoms with van der Waals surface area (Å²) in [4.78, 5) is 28.0. The summed E-state index contributed by atoms with van der Waals surface area (Å²) in [6.07, 6.45) is 0.801. The van der Waals surface area contributed by atoms with Crippen molar-refractivity contribution < 1.29 is 28.5 Å². The molecule has 9 nitrogen and oxygen atoms in total. The molecule has 31 heavy (non-hydrogen) atoms. The summed E-state index contributed by atoms with van der Waals surface area (Å²) in [5, 5.41) is 5.14. The van der Waals surface area contributed by atoms with Crippen LogP contribution in [0.2, 0.25) is 0 Å². The number of methoxy groups -OCH3 is 2. The number of carbonyl (C=O) groups excluding carboxylic acids is 2. The van der Waals surface area contributed by atoms with Crippen molar-refractivity contribution in [1.29, 1.82) is 0 Å². The number of nitrogens with zero attached hydrogens (tertiary/aromatic N) is 1. The van der Waals surface area contributed by atoms with Crippen molar-refractivity contribution >= 4 is 17.7 Å². The van der Waals surface area contributed by atoms with Crippen LogP contribution in [-0.4, -0.2) is 38.3 Å². The molecular weight excluding hydrogens is 402 g/mol. The van der Waals surface area contributed by atoms with E-state index >= 15 is 0 Å². The second-order valence-electron chi connectivity index (χ2n) is 6.12. The van der Waals surface area contributed by atoms with Crippen molar-refractivity contribution in [2.45, 2.75) is 0 Å². The minimum absolute atomic E-state index is 0.0795. The molecule has 3 rings (SSSR count). The molecule has 3 aromatic rings. The Morgan fingerprint density at radius 1 is 0.903 bits per heavy atom. The Morgan fingerprint density at radius 3 is 2.45 bits per heavy atom. The normalized spacial score (nSPS) is 10.0. The molecule has 0 bridgehead atoms. The van der Waals surface area contributed by atoms with Crippen LogP contribution >= 0.6 is 0 Å². The van der Waals surface area contributed by atoms with Crippen LogP contribution < -0.4 is 29.6 Å². The fourth-order valence-electron chi connectivity index (χ4n) is 2.60. The fraction of sp³-hybridized carbons (Fsp3) is 0.136. The van der Waals surface area contributed by atoms with Gasteiger partial charge in [-0.1, -0.05) is 6.07 Å². The van der Waals surface area contributed by atoms with Gasteiger partial charge in [0.25, 0.3) is 5.91 Å². The molecule has 0 saturated carbocycles. The van der Waals surface area contributed by atoms with E-state index in [1.165, 1.54) is 26.4 Å². The number of aromatic nitrogens is 1. The molecule has 0 unspecified atom stereocenters. The lowest BCUT2D eigenvalue weighted by atomic mass is 10.2. The number of hydrogen-bond acceptors (Lipinski definition) is 7. The van der Waals surface area contributed by atoms with E-state index in [1.54, 1.807) is 55.6 Å². The summed E-state index contributed by atoms with van der Waals surface area (Å²) < 4.78 is 21.3. The van der Waals surface area contributed by atoms with Crippen LogP contribution in [0.5, 0.6) is 28.9 Å². The molecule has 2 amide bonds. The fourth-order valence-corrected chi connectivity index (χ4v) is 2.60. The first-order valence-corrected chi connectivity index (χ1v) is 9.19. The number of rotatable bonds is 7. The van der Waals surface area contributed by atoms with E-state index in [2.05, 4.69) is 15.6 Å². The minimum atomic E-state index is -0.642. The van der Waals surface area contributed by atoms with Gasteiger partial charge in [0.05, 0.1) is 19.9 Å². The first-order valence-electron chi connectivity index (χ1n) is 9.19. The second-order valence-corrected chi connectivity index (χ2v) is 6.12. The number of anilines is 1. The highest BCUT2D eigenvalue weighted by Crippen LogP contribution is 2.30. The molecule has 0 radical (unpaired) electrons. The highest BCUT2D eigenvalue weighted by Gasteiger charge is 2.12. The molecule has 1 heterocycles. The van der Waals surface area contributed by atoms with Crippen LogP contribution in [0.25, 0.3) is 0 Å². The van der Waals surface area contributed by atoms with Crippen LogP contribution in [0, 0.1) is 0 Å². The number of hydrogen-bond donors (Lipinski definition) is 2. The summed E-state index contributed by atoms with van der Waals surface area (Å²) in [7, 11) is 4.50. The standard InChI is InChI=1S/C22H21N3O6/c1-23-22(27)31-20-13-17(9-10-24-20)30-16-6-4-5-14(11-16)21(26)25-18-12-15(28-2)7-8-19(18)29-3/h4-13H,1-3H3,(H,23,27)(H,25,26). The first kappa shape index (κ1) is 21.4. The van der Waals surface area contributed by atoms with Gasteiger partial charge >= 0.3 is 6.09 Å². The van der Waals surface area contributed by atoms with Crippen molar-refractivity contribution in [3.8, 4) is 28.9 Å². The van der Waals surface area contributed by atoms with Crippen LogP contribution in [0.3, 0.4) is 0 Å². The SMILES string of the molecule is CNC(=O)Oc1cc(Oc2cccc(C(=O)Nc3cc(OC)ccc3OC)c2)ccn1. The van der Waals surface area contributed by atoms with E-state index in [1.807, 2.05) is 0 Å². The molecule has 160 valence electrons. The van der Waals surface area contributed by atoms with E-state index in [4.69, 9.17) is 18.9 Å². The molecule has 9 heteroatoms. The van der Waals surface area contributed by atoms with Gasteiger partial charge in [0, 0.05) is 30.9 Å². The van der Waals surface area contributed by atoms with Crippen molar-refractivity contribution in [3.05, 3.63) is 66.4 Å². The molecule has 0 spiro atoms. The molecule has 1 aromatic heterocycles. The lowest BCUT2D eigenvalue weighted by Crippen LogP contribution is -2.22.